The Morgan fingerprint density at radius 2 is 1.92 bits per heavy atom. The molecule has 1 aliphatic rings. The predicted molar refractivity (Wildman–Crippen MR) is 38.6 cm³/mol. The van der Waals surface area contributed by atoms with Gasteiger partial charge in [0.2, 0.25) is 12.2 Å². The molecule has 12 heavy (non-hydrogen) atoms. The topological polar surface area (TPSA) is 94.2 Å². The summed E-state index contributed by atoms with van der Waals surface area (Å²) < 4.78 is 4.95. The van der Waals surface area contributed by atoms with Crippen LogP contribution in [0.1, 0.15) is 6.42 Å². The zero-order chi connectivity index (χ0) is 9.23. The van der Waals surface area contributed by atoms with E-state index in [0.29, 0.717) is 12.6 Å². The van der Waals surface area contributed by atoms with Crippen LogP contribution in [0.3, 0.4) is 0 Å². The lowest BCUT2D eigenvalue weighted by atomic mass is 10.2. The molecule has 0 aromatic heterocycles. The van der Waals surface area contributed by atoms with Crippen LogP contribution in [0.2, 0.25) is 0 Å². The molecule has 0 radical (unpaired) electrons. The molecule has 4 N–H and O–H groups in total. The Morgan fingerprint density at radius 3 is 2.00 bits per heavy atom. The molecule has 0 aromatic carbocycles. The smallest absolute Gasteiger partial charge is 0.204 e. The first-order valence-corrected chi connectivity index (χ1v) is 3.27. The summed E-state index contributed by atoms with van der Waals surface area (Å²) in [5.41, 5.74) is 5.21. The maximum absolute atomic E-state index is 7.33. The Bertz CT molecular complexity index is 137. The number of hydrogen-bond acceptors (Lipinski definition) is 6. The van der Waals surface area contributed by atoms with Gasteiger partial charge in [0.05, 0.1) is 6.10 Å². The standard InChI is InChI=1S/C4H9NO.C2H2O4/c5-3-4-1-2-6-4;3-5-1-2-6-4/h4H,1-3,5H2;3-4H/t4-;/m0./s1. The second-order valence-corrected chi connectivity index (χ2v) is 1.90. The Kier molecular flexibility index (Phi) is 7.42. The van der Waals surface area contributed by atoms with Gasteiger partial charge in [0, 0.05) is 13.2 Å². The van der Waals surface area contributed by atoms with E-state index in [9.17, 15) is 0 Å². The number of hydrogen-bond donors (Lipinski definition) is 3. The van der Waals surface area contributed by atoms with Crippen LogP contribution >= 0.6 is 0 Å². The van der Waals surface area contributed by atoms with Crippen LogP contribution in [-0.2, 0) is 14.5 Å². The molecule has 1 aliphatic heterocycles. The summed E-state index contributed by atoms with van der Waals surface area (Å²) in [6.45, 7) is 1.61. The summed E-state index contributed by atoms with van der Waals surface area (Å²) >= 11 is 0. The first-order chi connectivity index (χ1) is 5.85. The van der Waals surface area contributed by atoms with Crippen molar-refractivity contribution in [3.05, 3.63) is 0 Å². The highest BCUT2D eigenvalue weighted by Gasteiger charge is 2.14. The fraction of sp³-hybridized carbons (Fsp3) is 0.667. The zero-order valence-electron chi connectivity index (χ0n) is 6.40. The molecule has 1 saturated heterocycles. The van der Waals surface area contributed by atoms with Gasteiger partial charge in [0.1, 0.15) is 0 Å². The van der Waals surface area contributed by atoms with Gasteiger partial charge in [0.15, 0.2) is 0 Å². The molecule has 1 atom stereocenters. The summed E-state index contributed by atoms with van der Waals surface area (Å²) in [4.78, 5) is 6.27. The number of rotatable bonds is 1. The van der Waals surface area contributed by atoms with Crippen molar-refractivity contribution in [3.8, 4) is 12.2 Å². The van der Waals surface area contributed by atoms with E-state index in [-0.39, 0.29) is 0 Å². The molecule has 1 fully saturated rings. The molecule has 6 heteroatoms. The van der Waals surface area contributed by atoms with Crippen LogP contribution < -0.4 is 5.73 Å². The summed E-state index contributed by atoms with van der Waals surface area (Å²) in [5.74, 6) is 0. The molecule has 0 spiro atoms. The molecule has 0 amide bonds. The van der Waals surface area contributed by atoms with Crippen molar-refractivity contribution >= 4 is 0 Å². The van der Waals surface area contributed by atoms with Crippen molar-refractivity contribution in [3.63, 3.8) is 0 Å². The van der Waals surface area contributed by atoms with Crippen LogP contribution in [0.5, 0.6) is 0 Å². The average Bonchev–Trinajstić information content (AvgIpc) is 2.00. The lowest BCUT2D eigenvalue weighted by molar-refractivity contribution is -0.188. The van der Waals surface area contributed by atoms with Crippen molar-refractivity contribution in [2.45, 2.75) is 12.5 Å². The first kappa shape index (κ1) is 11.0. The molecule has 0 unspecified atom stereocenters. The lowest BCUT2D eigenvalue weighted by Gasteiger charge is -2.24. The zero-order valence-corrected chi connectivity index (χ0v) is 6.40. The molecular weight excluding hydrogens is 166 g/mol. The van der Waals surface area contributed by atoms with Crippen LogP contribution in [0.4, 0.5) is 0 Å². The van der Waals surface area contributed by atoms with Gasteiger partial charge in [0.25, 0.3) is 0 Å². The molecule has 0 saturated carbocycles. The Hall–Kier alpha value is -1.00. The second-order valence-electron chi connectivity index (χ2n) is 1.90. The SMILES string of the molecule is NC[C@@H]1CCO1.OOC#COO. The van der Waals surface area contributed by atoms with Gasteiger partial charge in [-0.25, -0.2) is 0 Å². The molecule has 0 bridgehead atoms. The third kappa shape index (κ3) is 5.76. The third-order valence-corrected chi connectivity index (χ3v) is 1.19. The van der Waals surface area contributed by atoms with Gasteiger partial charge in [-0.2, -0.15) is 10.5 Å². The Morgan fingerprint density at radius 1 is 1.42 bits per heavy atom. The van der Waals surface area contributed by atoms with Crippen molar-refractivity contribution in [1.29, 1.82) is 0 Å². The van der Waals surface area contributed by atoms with Crippen molar-refractivity contribution < 1.29 is 25.0 Å². The summed E-state index contributed by atoms with van der Waals surface area (Å²) in [6.07, 6.45) is 4.62. The van der Waals surface area contributed by atoms with Gasteiger partial charge in [-0.1, -0.05) is 0 Å². The molecule has 0 aromatic rings. The van der Waals surface area contributed by atoms with Crippen LogP contribution in [0, 0.1) is 12.2 Å². The quantitative estimate of drug-likeness (QED) is 0.287. The van der Waals surface area contributed by atoms with E-state index in [4.69, 9.17) is 21.0 Å². The molecule has 1 rings (SSSR count). The highest BCUT2D eigenvalue weighted by molar-refractivity contribution is 4.76. The maximum Gasteiger partial charge on any atom is 0.204 e. The highest BCUT2D eigenvalue weighted by Crippen LogP contribution is 2.07. The minimum Gasteiger partial charge on any atom is -0.377 e. The van der Waals surface area contributed by atoms with E-state index in [1.165, 1.54) is 12.2 Å². The van der Waals surface area contributed by atoms with Gasteiger partial charge in [-0.15, -0.1) is 0 Å². The maximum atomic E-state index is 7.33. The average molecular weight is 177 g/mol. The minimum absolute atomic E-state index is 0.394. The lowest BCUT2D eigenvalue weighted by Crippen LogP contribution is -2.33. The minimum atomic E-state index is 0.394. The molecule has 70 valence electrons. The molecule has 1 heterocycles. The van der Waals surface area contributed by atoms with Crippen molar-refractivity contribution in [1.82, 2.24) is 0 Å². The summed E-state index contributed by atoms with van der Waals surface area (Å²) in [5, 5.41) is 14.7. The van der Waals surface area contributed by atoms with Gasteiger partial charge in [-0.05, 0) is 6.42 Å². The predicted octanol–water partition coefficient (Wildman–Crippen LogP) is -0.382. The fourth-order valence-electron chi connectivity index (χ4n) is 0.508. The Labute approximate surface area is 69.7 Å². The van der Waals surface area contributed by atoms with Crippen molar-refractivity contribution in [2.24, 2.45) is 5.73 Å². The monoisotopic (exact) mass is 177 g/mol. The van der Waals surface area contributed by atoms with Gasteiger partial charge in [-0.3, -0.25) is 9.78 Å². The van der Waals surface area contributed by atoms with Crippen LogP contribution in [0.25, 0.3) is 0 Å². The van der Waals surface area contributed by atoms with E-state index in [1.807, 2.05) is 0 Å². The molecular formula is C6H11NO5. The molecule has 0 aliphatic carbocycles. The van der Waals surface area contributed by atoms with E-state index in [2.05, 4.69) is 9.78 Å². The third-order valence-electron chi connectivity index (χ3n) is 1.19. The Balaban J connectivity index is 0.000000202. The largest absolute Gasteiger partial charge is 0.377 e. The van der Waals surface area contributed by atoms with Gasteiger partial charge < -0.3 is 10.5 Å². The van der Waals surface area contributed by atoms with E-state index in [1.54, 1.807) is 0 Å². The van der Waals surface area contributed by atoms with Gasteiger partial charge >= 0.3 is 0 Å². The van der Waals surface area contributed by atoms with E-state index < -0.39 is 0 Å². The fourth-order valence-corrected chi connectivity index (χ4v) is 0.508. The molecule has 6 nitrogen and oxygen atoms in total. The van der Waals surface area contributed by atoms with E-state index in [0.717, 1.165) is 13.0 Å². The first-order valence-electron chi connectivity index (χ1n) is 3.27. The van der Waals surface area contributed by atoms with Crippen LogP contribution in [-0.4, -0.2) is 29.8 Å². The summed E-state index contributed by atoms with van der Waals surface area (Å²) in [6, 6.07) is 0. The summed E-state index contributed by atoms with van der Waals surface area (Å²) in [7, 11) is 0. The normalized spacial score (nSPS) is 18.8. The van der Waals surface area contributed by atoms with E-state index >= 15 is 0 Å². The second kappa shape index (κ2) is 8.10. The number of ether oxygens (including phenoxy) is 1. The highest BCUT2D eigenvalue weighted by atomic mass is 17.1. The van der Waals surface area contributed by atoms with Crippen molar-refractivity contribution in [2.75, 3.05) is 13.2 Å². The van der Waals surface area contributed by atoms with Crippen LogP contribution in [0.15, 0.2) is 0 Å². The number of nitrogens with two attached hydrogens (primary N) is 1.